The Morgan fingerprint density at radius 2 is 1.72 bits per heavy atom. The number of aromatic nitrogens is 1. The van der Waals surface area contributed by atoms with Crippen LogP contribution < -0.4 is 20.7 Å². The second kappa shape index (κ2) is 15.4. The molecule has 5 aromatic rings. The molecule has 0 saturated carbocycles. The van der Waals surface area contributed by atoms with Crippen molar-refractivity contribution < 1.29 is 19.1 Å². The van der Waals surface area contributed by atoms with Crippen LogP contribution in [0.2, 0.25) is 0 Å². The van der Waals surface area contributed by atoms with Crippen LogP contribution in [0.1, 0.15) is 41.8 Å². The van der Waals surface area contributed by atoms with E-state index in [1.54, 1.807) is 36.4 Å². The maximum atomic E-state index is 13.5. The number of rotatable bonds is 12. The summed E-state index contributed by atoms with van der Waals surface area (Å²) in [7, 11) is 0. The number of thiazole rings is 1. The molecule has 0 radical (unpaired) electrons. The summed E-state index contributed by atoms with van der Waals surface area (Å²) >= 11 is 2.80. The number of carbonyl (C=O) groups is 3. The summed E-state index contributed by atoms with van der Waals surface area (Å²) < 4.78 is 6.51. The van der Waals surface area contributed by atoms with Crippen LogP contribution >= 0.6 is 23.1 Å². The Morgan fingerprint density at radius 1 is 0.913 bits per heavy atom. The minimum absolute atomic E-state index is 0.104. The van der Waals surface area contributed by atoms with Gasteiger partial charge in [-0.1, -0.05) is 72.4 Å². The summed E-state index contributed by atoms with van der Waals surface area (Å²) in [5.41, 5.74) is 3.68. The molecule has 8 nitrogen and oxygen atoms in total. The molecular formula is C36H34N4O4S2. The maximum absolute atomic E-state index is 13.5. The van der Waals surface area contributed by atoms with Crippen molar-refractivity contribution in [3.63, 3.8) is 0 Å². The summed E-state index contributed by atoms with van der Waals surface area (Å²) in [6.45, 7) is 6.42. The number of hydrogen-bond donors (Lipinski definition) is 3. The van der Waals surface area contributed by atoms with Crippen molar-refractivity contribution in [2.75, 3.05) is 17.2 Å². The van der Waals surface area contributed by atoms with Gasteiger partial charge >= 0.3 is 0 Å². The number of anilines is 2. The molecule has 234 valence electrons. The largest absolute Gasteiger partial charge is 0.494 e. The van der Waals surface area contributed by atoms with Gasteiger partial charge in [0.25, 0.3) is 11.8 Å². The number of aryl methyl sites for hydroxylation is 1. The lowest BCUT2D eigenvalue weighted by Crippen LogP contribution is -2.30. The predicted octanol–water partition coefficient (Wildman–Crippen LogP) is 7.92. The molecule has 1 heterocycles. The number of carbonyl (C=O) groups excluding carboxylic acids is 3. The Labute approximate surface area is 276 Å². The van der Waals surface area contributed by atoms with Gasteiger partial charge < -0.3 is 20.7 Å². The normalized spacial score (nSPS) is 11.9. The fourth-order valence-corrected chi connectivity index (χ4v) is 6.51. The predicted molar refractivity (Wildman–Crippen MR) is 187 cm³/mol. The summed E-state index contributed by atoms with van der Waals surface area (Å²) in [4.78, 5) is 45.1. The van der Waals surface area contributed by atoms with Gasteiger partial charge in [-0.25, -0.2) is 4.98 Å². The van der Waals surface area contributed by atoms with E-state index >= 15 is 0 Å². The number of benzene rings is 4. The highest BCUT2D eigenvalue weighted by Crippen LogP contribution is 2.32. The standard InChI is InChI=1S/C36H34N4O4S2/c1-4-31(35(43)40-36-39-29-18-17-27(44-5-2)22-32(29)46-36)45-28-16-10-15-26(21-28)37-34(42)30(20-24-12-9-11-23(3)19-24)38-33(41)25-13-7-6-8-14-25/h6-22,31H,4-5H2,1-3H3,(H,37,42)(H,38,41)(H,39,40,43)/b30-20+. The number of hydrogen-bond acceptors (Lipinski definition) is 7. The molecule has 1 atom stereocenters. The molecule has 3 amide bonds. The smallest absolute Gasteiger partial charge is 0.272 e. The second-order valence-electron chi connectivity index (χ2n) is 10.4. The zero-order valence-electron chi connectivity index (χ0n) is 25.7. The monoisotopic (exact) mass is 650 g/mol. The van der Waals surface area contributed by atoms with Crippen molar-refractivity contribution in [2.45, 2.75) is 37.3 Å². The zero-order valence-corrected chi connectivity index (χ0v) is 27.3. The van der Waals surface area contributed by atoms with Crippen LogP contribution in [0, 0.1) is 6.92 Å². The van der Waals surface area contributed by atoms with Crippen LogP contribution in [0.5, 0.6) is 5.75 Å². The molecule has 0 aliphatic rings. The quantitative estimate of drug-likeness (QED) is 0.0935. The van der Waals surface area contributed by atoms with Gasteiger partial charge in [-0.05, 0) is 80.4 Å². The highest BCUT2D eigenvalue weighted by molar-refractivity contribution is 8.00. The van der Waals surface area contributed by atoms with Gasteiger partial charge in [0.2, 0.25) is 5.91 Å². The molecule has 4 aromatic carbocycles. The van der Waals surface area contributed by atoms with E-state index in [2.05, 4.69) is 20.9 Å². The van der Waals surface area contributed by atoms with Crippen molar-refractivity contribution in [3.05, 3.63) is 119 Å². The molecule has 0 aliphatic carbocycles. The average molecular weight is 651 g/mol. The summed E-state index contributed by atoms with van der Waals surface area (Å²) in [6.07, 6.45) is 2.24. The first kappa shape index (κ1) is 32.5. The van der Waals surface area contributed by atoms with E-state index in [4.69, 9.17) is 4.74 Å². The molecule has 5 rings (SSSR count). The number of amides is 3. The van der Waals surface area contributed by atoms with Crippen molar-refractivity contribution in [1.29, 1.82) is 0 Å². The third-order valence-electron chi connectivity index (χ3n) is 6.82. The van der Waals surface area contributed by atoms with Crippen molar-refractivity contribution >= 4 is 67.9 Å². The lowest BCUT2D eigenvalue weighted by Gasteiger charge is -2.15. The van der Waals surface area contributed by atoms with E-state index in [-0.39, 0.29) is 16.9 Å². The van der Waals surface area contributed by atoms with Crippen molar-refractivity contribution in [2.24, 2.45) is 0 Å². The first-order valence-electron chi connectivity index (χ1n) is 14.9. The maximum Gasteiger partial charge on any atom is 0.272 e. The van der Waals surface area contributed by atoms with Gasteiger partial charge in [0.1, 0.15) is 11.4 Å². The first-order valence-corrected chi connectivity index (χ1v) is 16.6. The van der Waals surface area contributed by atoms with Crippen LogP contribution in [-0.2, 0) is 9.59 Å². The SMILES string of the molecule is CCOc1ccc2nc(NC(=O)C(CC)Sc3cccc(NC(=O)/C(=C\c4cccc(C)c4)NC(=O)c4ccccc4)c3)sc2c1. The Kier molecular flexibility index (Phi) is 10.9. The van der Waals surface area contributed by atoms with Crippen LogP contribution in [0.25, 0.3) is 16.3 Å². The van der Waals surface area contributed by atoms with Crippen molar-refractivity contribution in [1.82, 2.24) is 10.3 Å². The molecular weight excluding hydrogens is 617 g/mol. The third kappa shape index (κ3) is 8.62. The van der Waals surface area contributed by atoms with Crippen LogP contribution in [0.4, 0.5) is 10.8 Å². The molecule has 0 bridgehead atoms. The molecule has 0 spiro atoms. The number of thioether (sulfide) groups is 1. The van der Waals surface area contributed by atoms with Gasteiger partial charge in [-0.15, -0.1) is 11.8 Å². The van der Waals surface area contributed by atoms with Gasteiger partial charge in [-0.2, -0.15) is 0 Å². The van der Waals surface area contributed by atoms with E-state index in [0.717, 1.165) is 32.0 Å². The van der Waals surface area contributed by atoms with E-state index in [1.165, 1.54) is 23.1 Å². The Morgan fingerprint density at radius 3 is 2.48 bits per heavy atom. The summed E-state index contributed by atoms with van der Waals surface area (Å²) in [5.74, 6) is -0.250. The highest BCUT2D eigenvalue weighted by Gasteiger charge is 2.21. The molecule has 46 heavy (non-hydrogen) atoms. The third-order valence-corrected chi connectivity index (χ3v) is 9.11. The molecule has 1 aromatic heterocycles. The van der Waals surface area contributed by atoms with E-state index in [1.807, 2.05) is 87.5 Å². The number of nitrogens with zero attached hydrogens (tertiary/aromatic N) is 1. The summed E-state index contributed by atoms with van der Waals surface area (Å²) in [5, 5.41) is 8.78. The van der Waals surface area contributed by atoms with Crippen molar-refractivity contribution in [3.8, 4) is 5.75 Å². The van der Waals surface area contributed by atoms with Gasteiger partial charge in [0.05, 0.1) is 22.1 Å². The minimum Gasteiger partial charge on any atom is -0.494 e. The van der Waals surface area contributed by atoms with E-state index in [0.29, 0.717) is 29.4 Å². The number of ether oxygens (including phenoxy) is 1. The van der Waals surface area contributed by atoms with Crippen LogP contribution in [0.15, 0.2) is 108 Å². The van der Waals surface area contributed by atoms with E-state index < -0.39 is 11.8 Å². The molecule has 10 heteroatoms. The van der Waals surface area contributed by atoms with Gasteiger partial charge in [-0.3, -0.25) is 14.4 Å². The Balaban J connectivity index is 1.28. The zero-order chi connectivity index (χ0) is 32.5. The van der Waals surface area contributed by atoms with Crippen LogP contribution in [0.3, 0.4) is 0 Å². The fourth-order valence-electron chi connectivity index (χ4n) is 4.60. The van der Waals surface area contributed by atoms with E-state index in [9.17, 15) is 14.4 Å². The Bertz CT molecular complexity index is 1890. The molecule has 0 fully saturated rings. The molecule has 3 N–H and O–H groups in total. The average Bonchev–Trinajstić information content (AvgIpc) is 3.45. The van der Waals surface area contributed by atoms with Gasteiger partial charge in [0.15, 0.2) is 5.13 Å². The second-order valence-corrected chi connectivity index (χ2v) is 12.7. The first-order chi connectivity index (χ1) is 22.3. The topological polar surface area (TPSA) is 109 Å². The fraction of sp³-hybridized carbons (Fsp3) is 0.167. The molecule has 0 saturated heterocycles. The Hall–Kier alpha value is -4.93. The number of nitrogens with one attached hydrogen (secondary N) is 3. The van der Waals surface area contributed by atoms with Gasteiger partial charge in [0, 0.05) is 16.1 Å². The molecule has 1 unspecified atom stereocenters. The molecule has 0 aliphatic heterocycles. The summed E-state index contributed by atoms with van der Waals surface area (Å²) in [6, 6.07) is 29.4. The number of fused-ring (bicyclic) bond motifs is 1. The lowest BCUT2D eigenvalue weighted by molar-refractivity contribution is -0.116. The van der Waals surface area contributed by atoms with Crippen LogP contribution in [-0.4, -0.2) is 34.6 Å². The minimum atomic E-state index is -0.471. The highest BCUT2D eigenvalue weighted by atomic mass is 32.2. The lowest BCUT2D eigenvalue weighted by atomic mass is 10.1.